The van der Waals surface area contributed by atoms with Crippen molar-refractivity contribution in [1.29, 1.82) is 0 Å². The van der Waals surface area contributed by atoms with E-state index in [1.54, 1.807) is 5.57 Å². The number of esters is 1. The number of allylic oxidation sites excluding steroid dienone is 2. The Morgan fingerprint density at radius 1 is 0.926 bits per heavy atom. The first-order valence-corrected chi connectivity index (χ1v) is 21.7. The van der Waals surface area contributed by atoms with Gasteiger partial charge in [-0.2, -0.15) is 0 Å². The molecule has 0 radical (unpaired) electrons. The Bertz CT molecular complexity index is 1600. The molecule has 6 nitrogen and oxygen atoms in total. The van der Waals surface area contributed by atoms with E-state index in [4.69, 9.17) is 16.3 Å². The Hall–Kier alpha value is -2.02. The fraction of sp³-hybridized carbons (Fsp3) is 0.766. The van der Waals surface area contributed by atoms with Crippen LogP contribution in [0, 0.1) is 56.7 Å². The Kier molecular flexibility index (Phi) is 11.9. The van der Waals surface area contributed by atoms with Crippen LogP contribution in [0.4, 0.5) is 0 Å². The third-order valence-electron chi connectivity index (χ3n) is 16.0. The summed E-state index contributed by atoms with van der Waals surface area (Å²) in [4.78, 5) is 43.7. The van der Waals surface area contributed by atoms with Gasteiger partial charge in [0.05, 0.1) is 6.42 Å². The molecule has 0 amide bonds. The zero-order valence-electron chi connectivity index (χ0n) is 35.4. The number of nitrogens with zero attached hydrogens (tertiary/aromatic N) is 2. The predicted octanol–water partition coefficient (Wildman–Crippen LogP) is 10.2. The molecule has 0 aliphatic heterocycles. The molecule has 8 atom stereocenters. The first-order valence-electron chi connectivity index (χ1n) is 21.3. The molecule has 0 heterocycles. The molecule has 0 spiro atoms. The zero-order valence-corrected chi connectivity index (χ0v) is 36.1. The summed E-state index contributed by atoms with van der Waals surface area (Å²) in [6.07, 6.45) is 11.7. The van der Waals surface area contributed by atoms with Gasteiger partial charge >= 0.3 is 5.97 Å². The normalized spacial score (nSPS) is 34.8. The van der Waals surface area contributed by atoms with E-state index in [-0.39, 0.29) is 46.1 Å². The summed E-state index contributed by atoms with van der Waals surface area (Å²) < 4.78 is 6.25. The number of benzene rings is 1. The Labute approximate surface area is 332 Å². The van der Waals surface area contributed by atoms with Gasteiger partial charge in [0.25, 0.3) is 0 Å². The lowest BCUT2D eigenvalue weighted by Gasteiger charge is -2.69. The van der Waals surface area contributed by atoms with E-state index in [2.05, 4.69) is 77.6 Å². The van der Waals surface area contributed by atoms with E-state index in [0.717, 1.165) is 69.6 Å². The van der Waals surface area contributed by atoms with E-state index in [1.807, 2.05) is 26.0 Å². The molecule has 4 fully saturated rings. The average molecular weight is 764 g/mol. The van der Waals surface area contributed by atoms with Gasteiger partial charge < -0.3 is 14.4 Å². The standard InChI is InChI=1S/C47H71ClN2O4/c1-31(2)41-36(52)27-47(23-24-50(26-25-49(9)10)29-32-11-13-33(48)14-12-32)22-17-35-34(42(41)47)15-16-38-45(35,7)20-18-37-44(5,6)39(19-21-46(37,38)8)54-40(53)28-43(3,4)30-51/h11-14,30-31,34-35,37-39H,15-29H2,1-10H3. The van der Waals surface area contributed by atoms with Crippen LogP contribution in [-0.4, -0.2) is 67.7 Å². The fourth-order valence-electron chi connectivity index (χ4n) is 13.4. The summed E-state index contributed by atoms with van der Waals surface area (Å²) >= 11 is 6.25. The summed E-state index contributed by atoms with van der Waals surface area (Å²) in [6.45, 7) is 21.9. The molecule has 54 heavy (non-hydrogen) atoms. The van der Waals surface area contributed by atoms with Crippen molar-refractivity contribution in [1.82, 2.24) is 9.80 Å². The SMILES string of the molecule is CC(C)C1=C2C3CCC4C(C)(CCC5C(C)(C)C(OC(=O)CC(C)(C)C=O)CCC54C)C3CCC2(CCN(CCN(C)C)Cc2ccc(Cl)cc2)CC1=O. The van der Waals surface area contributed by atoms with Crippen molar-refractivity contribution in [3.05, 3.63) is 46.0 Å². The zero-order chi connectivity index (χ0) is 39.4. The van der Waals surface area contributed by atoms with Gasteiger partial charge in [-0.05, 0) is 142 Å². The fourth-order valence-corrected chi connectivity index (χ4v) is 13.5. The van der Waals surface area contributed by atoms with Gasteiger partial charge in [-0.15, -0.1) is 0 Å². The number of Topliss-reactive ketones (excluding diaryl/α,β-unsaturated/α-hetero) is 1. The maximum Gasteiger partial charge on any atom is 0.307 e. The highest BCUT2D eigenvalue weighted by molar-refractivity contribution is 6.30. The largest absolute Gasteiger partial charge is 0.462 e. The molecule has 1 aromatic carbocycles. The van der Waals surface area contributed by atoms with Crippen LogP contribution in [0.2, 0.25) is 5.02 Å². The van der Waals surface area contributed by atoms with Crippen LogP contribution < -0.4 is 0 Å². The highest BCUT2D eigenvalue weighted by atomic mass is 35.5. The molecule has 7 heteroatoms. The van der Waals surface area contributed by atoms with Crippen molar-refractivity contribution in [3.8, 4) is 0 Å². The van der Waals surface area contributed by atoms with Crippen LogP contribution >= 0.6 is 11.6 Å². The maximum absolute atomic E-state index is 14.2. The number of hydrogen-bond donors (Lipinski definition) is 0. The molecule has 0 aromatic heterocycles. The van der Waals surface area contributed by atoms with Gasteiger partial charge in [0.2, 0.25) is 0 Å². The average Bonchev–Trinajstić information content (AvgIpc) is 3.40. The molecule has 0 N–H and O–H groups in total. The highest BCUT2D eigenvalue weighted by Crippen LogP contribution is 2.73. The number of ketones is 1. The molecule has 8 unspecified atom stereocenters. The number of aldehydes is 1. The van der Waals surface area contributed by atoms with Gasteiger partial charge in [0, 0.05) is 47.3 Å². The third-order valence-corrected chi connectivity index (χ3v) is 16.2. The highest BCUT2D eigenvalue weighted by Gasteiger charge is 2.66. The second-order valence-corrected chi connectivity index (χ2v) is 21.4. The van der Waals surface area contributed by atoms with Crippen LogP contribution in [0.15, 0.2) is 35.4 Å². The van der Waals surface area contributed by atoms with Crippen LogP contribution in [0.25, 0.3) is 0 Å². The first kappa shape index (κ1) is 41.6. The van der Waals surface area contributed by atoms with Gasteiger partial charge in [-0.3, -0.25) is 14.5 Å². The molecule has 1 aromatic rings. The third kappa shape index (κ3) is 7.68. The second-order valence-electron chi connectivity index (χ2n) is 20.9. The number of likely N-dealkylation sites (N-methyl/N-ethyl adjacent to an activating group) is 1. The summed E-state index contributed by atoms with van der Waals surface area (Å²) in [6, 6.07) is 8.30. The number of carbonyl (C=O) groups is 3. The van der Waals surface area contributed by atoms with Crippen molar-refractivity contribution in [3.63, 3.8) is 0 Å². The van der Waals surface area contributed by atoms with Crippen LogP contribution in [0.3, 0.4) is 0 Å². The predicted molar refractivity (Wildman–Crippen MR) is 219 cm³/mol. The maximum atomic E-state index is 14.2. The molecule has 5 aliphatic rings. The molecular weight excluding hydrogens is 692 g/mol. The molecule has 4 saturated carbocycles. The number of fused-ring (bicyclic) bond motifs is 7. The molecule has 300 valence electrons. The molecular formula is C47H71ClN2O4. The van der Waals surface area contributed by atoms with E-state index in [9.17, 15) is 14.4 Å². The molecule has 0 bridgehead atoms. The van der Waals surface area contributed by atoms with Gasteiger partial charge in [0.15, 0.2) is 5.78 Å². The Balaban J connectivity index is 1.24. The van der Waals surface area contributed by atoms with Gasteiger partial charge in [-0.1, -0.05) is 84.7 Å². The monoisotopic (exact) mass is 763 g/mol. The van der Waals surface area contributed by atoms with Crippen molar-refractivity contribution in [2.75, 3.05) is 33.7 Å². The molecule has 6 rings (SSSR count). The summed E-state index contributed by atoms with van der Waals surface area (Å²) in [5.74, 6) is 2.60. The Morgan fingerprint density at radius 3 is 2.26 bits per heavy atom. The van der Waals surface area contributed by atoms with E-state index in [1.165, 1.54) is 36.8 Å². The van der Waals surface area contributed by atoms with Crippen molar-refractivity contribution >= 4 is 29.6 Å². The van der Waals surface area contributed by atoms with Crippen LogP contribution in [0.5, 0.6) is 0 Å². The first-order chi connectivity index (χ1) is 25.3. The number of ether oxygens (including phenoxy) is 1. The second kappa shape index (κ2) is 15.4. The van der Waals surface area contributed by atoms with Crippen molar-refractivity contribution in [2.45, 2.75) is 139 Å². The molecule has 0 saturated heterocycles. The van der Waals surface area contributed by atoms with Crippen LogP contribution in [-0.2, 0) is 25.7 Å². The number of hydrogen-bond acceptors (Lipinski definition) is 6. The van der Waals surface area contributed by atoms with E-state index >= 15 is 0 Å². The minimum absolute atomic E-state index is 0.0269. The minimum Gasteiger partial charge on any atom is -0.462 e. The van der Waals surface area contributed by atoms with E-state index in [0.29, 0.717) is 35.9 Å². The quantitative estimate of drug-likeness (QED) is 0.147. The van der Waals surface area contributed by atoms with Crippen LogP contribution in [0.1, 0.15) is 132 Å². The minimum atomic E-state index is -0.703. The van der Waals surface area contributed by atoms with Crippen molar-refractivity contribution < 1.29 is 19.1 Å². The number of halogens is 1. The van der Waals surface area contributed by atoms with Gasteiger partial charge in [0.1, 0.15) is 12.4 Å². The smallest absolute Gasteiger partial charge is 0.307 e. The summed E-state index contributed by atoms with van der Waals surface area (Å²) in [5.41, 5.74) is 3.59. The lowest BCUT2D eigenvalue weighted by molar-refractivity contribution is -0.213. The number of rotatable bonds is 13. The lowest BCUT2D eigenvalue weighted by atomic mass is 9.36. The topological polar surface area (TPSA) is 66.9 Å². The summed E-state index contributed by atoms with van der Waals surface area (Å²) in [5, 5.41) is 0.772. The number of carbonyl (C=O) groups excluding carboxylic acids is 3. The van der Waals surface area contributed by atoms with Gasteiger partial charge in [-0.25, -0.2) is 0 Å². The summed E-state index contributed by atoms with van der Waals surface area (Å²) in [7, 11) is 4.30. The lowest BCUT2D eigenvalue weighted by Crippen LogP contribution is -2.63. The Morgan fingerprint density at radius 2 is 1.61 bits per heavy atom. The van der Waals surface area contributed by atoms with Crippen molar-refractivity contribution in [2.24, 2.45) is 56.7 Å². The van der Waals surface area contributed by atoms with E-state index < -0.39 is 5.41 Å². The molecule has 5 aliphatic carbocycles.